The number of aryl methyl sites for hydroxylation is 1. The summed E-state index contributed by atoms with van der Waals surface area (Å²) in [6, 6.07) is 10.6. The van der Waals surface area contributed by atoms with E-state index in [-0.39, 0.29) is 23.3 Å². The van der Waals surface area contributed by atoms with Crippen LogP contribution >= 0.6 is 0 Å². The van der Waals surface area contributed by atoms with E-state index in [1.165, 1.54) is 0 Å². The summed E-state index contributed by atoms with van der Waals surface area (Å²) in [4.78, 5) is 28.5. The van der Waals surface area contributed by atoms with Gasteiger partial charge in [0, 0.05) is 62.4 Å². The van der Waals surface area contributed by atoms with Crippen LogP contribution in [-0.4, -0.2) is 51.3 Å². The molecule has 5 rings (SSSR count). The fourth-order valence-electron chi connectivity index (χ4n) is 5.25. The number of nitrogens with one attached hydrogen (secondary N) is 1. The SMILES string of the molecule is Cc1ccn(CCN2C[C@H]3C[C@@H](C2)[C@H](C(=O)NCCc2ccco2)n2c3cccc2=O)n1. The van der Waals surface area contributed by atoms with Gasteiger partial charge in [-0.1, -0.05) is 6.07 Å². The molecule has 0 spiro atoms. The number of pyridine rings is 1. The topological polar surface area (TPSA) is 85.3 Å². The molecule has 0 aromatic carbocycles. The lowest BCUT2D eigenvalue weighted by atomic mass is 9.78. The Hall–Kier alpha value is -3.13. The Morgan fingerprint density at radius 3 is 2.88 bits per heavy atom. The number of rotatable bonds is 7. The molecule has 168 valence electrons. The Balaban J connectivity index is 1.33. The predicted molar refractivity (Wildman–Crippen MR) is 119 cm³/mol. The molecule has 0 aliphatic carbocycles. The molecule has 8 nitrogen and oxygen atoms in total. The summed E-state index contributed by atoms with van der Waals surface area (Å²) in [6.07, 6.45) is 5.20. The van der Waals surface area contributed by atoms with Crippen LogP contribution in [0.2, 0.25) is 0 Å². The molecule has 1 amide bonds. The zero-order chi connectivity index (χ0) is 22.1. The number of carbonyl (C=O) groups is 1. The molecule has 5 heterocycles. The molecule has 1 N–H and O–H groups in total. The first-order chi connectivity index (χ1) is 15.6. The smallest absolute Gasteiger partial charge is 0.251 e. The third-order valence-corrected chi connectivity index (χ3v) is 6.66. The van der Waals surface area contributed by atoms with Gasteiger partial charge in [0.2, 0.25) is 5.91 Å². The first-order valence-electron chi connectivity index (χ1n) is 11.3. The van der Waals surface area contributed by atoms with Crippen LogP contribution in [0.4, 0.5) is 0 Å². The molecule has 1 fully saturated rings. The molecule has 0 saturated carbocycles. The zero-order valence-electron chi connectivity index (χ0n) is 18.3. The lowest BCUT2D eigenvalue weighted by Crippen LogP contribution is -2.53. The van der Waals surface area contributed by atoms with Crippen molar-refractivity contribution in [3.63, 3.8) is 0 Å². The molecule has 1 saturated heterocycles. The quantitative estimate of drug-likeness (QED) is 0.613. The van der Waals surface area contributed by atoms with Gasteiger partial charge in [-0.15, -0.1) is 0 Å². The average molecular weight is 436 g/mol. The van der Waals surface area contributed by atoms with Gasteiger partial charge in [0.15, 0.2) is 0 Å². The second-order valence-corrected chi connectivity index (χ2v) is 8.90. The molecule has 2 aliphatic rings. The van der Waals surface area contributed by atoms with Crippen molar-refractivity contribution < 1.29 is 9.21 Å². The maximum absolute atomic E-state index is 13.3. The minimum absolute atomic E-state index is 0.0842. The third kappa shape index (κ3) is 4.14. The summed E-state index contributed by atoms with van der Waals surface area (Å²) < 4.78 is 9.07. The molecule has 2 bridgehead atoms. The van der Waals surface area contributed by atoms with Crippen molar-refractivity contribution in [1.82, 2.24) is 24.6 Å². The molecule has 0 unspecified atom stereocenters. The highest BCUT2D eigenvalue weighted by Crippen LogP contribution is 2.41. The van der Waals surface area contributed by atoms with Gasteiger partial charge in [-0.05, 0) is 37.6 Å². The molecule has 32 heavy (non-hydrogen) atoms. The van der Waals surface area contributed by atoms with Crippen LogP contribution in [0, 0.1) is 12.8 Å². The minimum atomic E-state index is -0.485. The molecule has 8 heteroatoms. The van der Waals surface area contributed by atoms with Gasteiger partial charge in [0.1, 0.15) is 11.8 Å². The van der Waals surface area contributed by atoms with E-state index in [4.69, 9.17) is 4.42 Å². The molecular weight excluding hydrogens is 406 g/mol. The fraction of sp³-hybridized carbons (Fsp3) is 0.458. The van der Waals surface area contributed by atoms with Gasteiger partial charge in [-0.2, -0.15) is 5.10 Å². The van der Waals surface area contributed by atoms with Gasteiger partial charge in [-0.25, -0.2) is 0 Å². The Morgan fingerprint density at radius 1 is 1.19 bits per heavy atom. The van der Waals surface area contributed by atoms with Crippen LogP contribution in [0.3, 0.4) is 0 Å². The summed E-state index contributed by atoms with van der Waals surface area (Å²) in [5.41, 5.74) is 1.89. The highest BCUT2D eigenvalue weighted by Gasteiger charge is 2.43. The summed E-state index contributed by atoms with van der Waals surface area (Å²) in [5.74, 6) is 1.11. The maximum Gasteiger partial charge on any atom is 0.251 e. The van der Waals surface area contributed by atoms with E-state index in [0.29, 0.717) is 13.0 Å². The summed E-state index contributed by atoms with van der Waals surface area (Å²) in [5, 5.41) is 7.53. The summed E-state index contributed by atoms with van der Waals surface area (Å²) in [7, 11) is 0. The average Bonchev–Trinajstić information content (AvgIpc) is 3.45. The number of furan rings is 1. The highest BCUT2D eigenvalue weighted by molar-refractivity contribution is 5.81. The number of carbonyl (C=O) groups excluding carboxylic acids is 1. The molecule has 3 aromatic heterocycles. The molecule has 2 aliphatic heterocycles. The van der Waals surface area contributed by atoms with Crippen LogP contribution in [0.5, 0.6) is 0 Å². The zero-order valence-corrected chi connectivity index (χ0v) is 18.3. The number of fused-ring (bicyclic) bond motifs is 4. The fourth-order valence-corrected chi connectivity index (χ4v) is 5.25. The van der Waals surface area contributed by atoms with E-state index in [1.54, 1.807) is 16.9 Å². The van der Waals surface area contributed by atoms with Crippen LogP contribution < -0.4 is 10.9 Å². The minimum Gasteiger partial charge on any atom is -0.469 e. The van der Waals surface area contributed by atoms with E-state index in [2.05, 4.69) is 15.3 Å². The molecule has 0 radical (unpaired) electrons. The van der Waals surface area contributed by atoms with E-state index < -0.39 is 6.04 Å². The second kappa shape index (κ2) is 8.78. The van der Waals surface area contributed by atoms with Gasteiger partial charge < -0.3 is 14.6 Å². The standard InChI is InChI=1S/C24H29N5O3/c1-17-8-10-28(26-17)12-11-27-15-18-14-19(16-27)23(29-21(18)5-2-6-22(29)30)24(31)25-9-7-20-4-3-13-32-20/h2-6,8,10,13,18-19,23H,7,9,11-12,14-16H2,1H3,(H,25,31)/t18-,19+,23-/m1/s1. The van der Waals surface area contributed by atoms with Crippen molar-refractivity contribution in [2.24, 2.45) is 5.92 Å². The maximum atomic E-state index is 13.3. The number of aromatic nitrogens is 3. The first kappa shape index (κ1) is 20.8. The Morgan fingerprint density at radius 2 is 2.09 bits per heavy atom. The number of hydrogen-bond donors (Lipinski definition) is 1. The van der Waals surface area contributed by atoms with Crippen molar-refractivity contribution in [2.75, 3.05) is 26.2 Å². The Labute approximate surface area is 186 Å². The number of piperidine rings is 1. The Kier molecular flexibility index (Phi) is 5.70. The van der Waals surface area contributed by atoms with Gasteiger partial charge in [-0.3, -0.25) is 18.8 Å². The monoisotopic (exact) mass is 435 g/mol. The van der Waals surface area contributed by atoms with E-state index in [1.807, 2.05) is 48.1 Å². The lowest BCUT2D eigenvalue weighted by Gasteiger charge is -2.46. The second-order valence-electron chi connectivity index (χ2n) is 8.90. The predicted octanol–water partition coefficient (Wildman–Crippen LogP) is 1.97. The molecular formula is C24H29N5O3. The number of amides is 1. The number of nitrogens with zero attached hydrogens (tertiary/aromatic N) is 4. The van der Waals surface area contributed by atoms with Crippen LogP contribution in [0.1, 0.15) is 35.5 Å². The largest absolute Gasteiger partial charge is 0.469 e. The van der Waals surface area contributed by atoms with E-state index in [9.17, 15) is 9.59 Å². The third-order valence-electron chi connectivity index (χ3n) is 6.66. The van der Waals surface area contributed by atoms with E-state index in [0.717, 1.165) is 49.7 Å². The number of likely N-dealkylation sites (tertiary alicyclic amines) is 1. The van der Waals surface area contributed by atoms with Crippen molar-refractivity contribution in [3.05, 3.63) is 76.4 Å². The summed E-state index contributed by atoms with van der Waals surface area (Å²) in [6.45, 7) is 5.86. The van der Waals surface area contributed by atoms with Crippen molar-refractivity contribution in [2.45, 2.75) is 38.3 Å². The first-order valence-corrected chi connectivity index (χ1v) is 11.3. The van der Waals surface area contributed by atoms with Crippen LogP contribution in [-0.2, 0) is 17.8 Å². The number of hydrogen-bond acceptors (Lipinski definition) is 5. The van der Waals surface area contributed by atoms with Crippen molar-refractivity contribution >= 4 is 5.91 Å². The van der Waals surface area contributed by atoms with Crippen molar-refractivity contribution in [3.8, 4) is 0 Å². The van der Waals surface area contributed by atoms with Gasteiger partial charge in [0.05, 0.1) is 18.5 Å². The lowest BCUT2D eigenvalue weighted by molar-refractivity contribution is -0.127. The van der Waals surface area contributed by atoms with Crippen molar-refractivity contribution in [1.29, 1.82) is 0 Å². The van der Waals surface area contributed by atoms with Gasteiger partial charge in [0.25, 0.3) is 5.56 Å². The van der Waals surface area contributed by atoms with Crippen LogP contribution in [0.15, 0.2) is 58.1 Å². The summed E-state index contributed by atoms with van der Waals surface area (Å²) >= 11 is 0. The molecule has 3 atom stereocenters. The van der Waals surface area contributed by atoms with Crippen LogP contribution in [0.25, 0.3) is 0 Å². The van der Waals surface area contributed by atoms with E-state index >= 15 is 0 Å². The molecule has 3 aromatic rings. The normalized spacial score (nSPS) is 22.5. The van der Waals surface area contributed by atoms with Gasteiger partial charge >= 0.3 is 0 Å². The highest BCUT2D eigenvalue weighted by atomic mass is 16.3. The Bertz CT molecular complexity index is 1130.